The van der Waals surface area contributed by atoms with E-state index >= 15 is 0 Å². The Bertz CT molecular complexity index is 465. The molecule has 0 radical (unpaired) electrons. The van der Waals surface area contributed by atoms with Crippen LogP contribution in [-0.4, -0.2) is 13.2 Å². The first kappa shape index (κ1) is 14.9. The van der Waals surface area contributed by atoms with E-state index in [1.54, 1.807) is 0 Å². The standard InChI is InChI=1S/C17H24N2O/c1-2-11-19-17-7-5-6-14-13-15(8-9-16(14)17)20-12-4-3-10-18/h8-9,13,17,19H,2-7,11-12H2,1H3. The van der Waals surface area contributed by atoms with E-state index in [0.717, 1.165) is 25.1 Å². The highest BCUT2D eigenvalue weighted by molar-refractivity contribution is 5.39. The molecule has 3 nitrogen and oxygen atoms in total. The van der Waals surface area contributed by atoms with E-state index in [1.807, 2.05) is 0 Å². The topological polar surface area (TPSA) is 45.0 Å². The van der Waals surface area contributed by atoms with Gasteiger partial charge in [0.25, 0.3) is 0 Å². The van der Waals surface area contributed by atoms with Crippen LogP contribution in [0.5, 0.6) is 5.75 Å². The number of unbranched alkanes of at least 4 members (excludes halogenated alkanes) is 1. The lowest BCUT2D eigenvalue weighted by atomic mass is 9.87. The second-order valence-corrected chi connectivity index (χ2v) is 5.37. The van der Waals surface area contributed by atoms with Gasteiger partial charge in [-0.15, -0.1) is 0 Å². The van der Waals surface area contributed by atoms with Gasteiger partial charge in [0, 0.05) is 12.5 Å². The Labute approximate surface area is 121 Å². The number of nitrogens with one attached hydrogen (secondary N) is 1. The number of nitriles is 1. The van der Waals surface area contributed by atoms with Crippen LogP contribution in [0.1, 0.15) is 56.2 Å². The number of ether oxygens (including phenoxy) is 1. The van der Waals surface area contributed by atoms with Crippen molar-refractivity contribution in [2.75, 3.05) is 13.2 Å². The highest BCUT2D eigenvalue weighted by Gasteiger charge is 2.19. The average Bonchev–Trinajstić information content (AvgIpc) is 2.49. The third-order valence-electron chi connectivity index (χ3n) is 3.77. The monoisotopic (exact) mass is 272 g/mol. The first-order chi connectivity index (χ1) is 9.85. The Balaban J connectivity index is 1.98. The van der Waals surface area contributed by atoms with Gasteiger partial charge in [-0.1, -0.05) is 13.0 Å². The Morgan fingerprint density at radius 2 is 2.35 bits per heavy atom. The van der Waals surface area contributed by atoms with E-state index in [4.69, 9.17) is 10.00 Å². The largest absolute Gasteiger partial charge is 0.494 e. The molecule has 1 aliphatic carbocycles. The second-order valence-electron chi connectivity index (χ2n) is 5.37. The molecular weight excluding hydrogens is 248 g/mol. The summed E-state index contributed by atoms with van der Waals surface area (Å²) in [4.78, 5) is 0. The number of nitrogens with zero attached hydrogens (tertiary/aromatic N) is 1. The van der Waals surface area contributed by atoms with Crippen LogP contribution in [0.15, 0.2) is 18.2 Å². The quantitative estimate of drug-likeness (QED) is 0.769. The summed E-state index contributed by atoms with van der Waals surface area (Å²) in [5.41, 5.74) is 2.86. The Hall–Kier alpha value is -1.53. The van der Waals surface area contributed by atoms with Gasteiger partial charge in [-0.2, -0.15) is 5.26 Å². The van der Waals surface area contributed by atoms with Crippen LogP contribution in [0.2, 0.25) is 0 Å². The van der Waals surface area contributed by atoms with Crippen molar-refractivity contribution in [2.45, 2.75) is 51.5 Å². The van der Waals surface area contributed by atoms with Gasteiger partial charge in [0.2, 0.25) is 0 Å². The summed E-state index contributed by atoms with van der Waals surface area (Å²) in [6.45, 7) is 3.91. The average molecular weight is 272 g/mol. The predicted molar refractivity (Wildman–Crippen MR) is 80.8 cm³/mol. The minimum Gasteiger partial charge on any atom is -0.494 e. The van der Waals surface area contributed by atoms with Crippen molar-refractivity contribution in [1.29, 1.82) is 5.26 Å². The number of hydrogen-bond donors (Lipinski definition) is 1. The second kappa shape index (κ2) is 7.91. The molecule has 3 heteroatoms. The molecule has 20 heavy (non-hydrogen) atoms. The molecule has 0 fully saturated rings. The molecule has 0 heterocycles. The molecular formula is C17H24N2O. The molecule has 1 aliphatic rings. The summed E-state index contributed by atoms with van der Waals surface area (Å²) in [5.74, 6) is 0.942. The number of benzene rings is 1. The van der Waals surface area contributed by atoms with Crippen molar-refractivity contribution in [2.24, 2.45) is 0 Å². The molecule has 0 aliphatic heterocycles. The zero-order valence-electron chi connectivity index (χ0n) is 12.3. The third-order valence-corrected chi connectivity index (χ3v) is 3.77. The minimum atomic E-state index is 0.506. The third kappa shape index (κ3) is 3.98. The molecule has 0 saturated carbocycles. The highest BCUT2D eigenvalue weighted by Crippen LogP contribution is 2.32. The summed E-state index contributed by atoms with van der Waals surface area (Å²) in [6.07, 6.45) is 6.16. The lowest BCUT2D eigenvalue weighted by molar-refractivity contribution is 0.311. The van der Waals surface area contributed by atoms with Gasteiger partial charge in [0.05, 0.1) is 12.7 Å². The van der Waals surface area contributed by atoms with E-state index in [1.165, 1.54) is 30.4 Å². The number of hydrogen-bond acceptors (Lipinski definition) is 3. The maximum Gasteiger partial charge on any atom is 0.119 e. The van der Waals surface area contributed by atoms with Crippen LogP contribution in [0.3, 0.4) is 0 Å². The van der Waals surface area contributed by atoms with Gasteiger partial charge in [-0.3, -0.25) is 0 Å². The number of rotatable bonds is 7. The molecule has 1 unspecified atom stereocenters. The molecule has 0 spiro atoms. The van der Waals surface area contributed by atoms with Crippen LogP contribution in [0.25, 0.3) is 0 Å². The molecule has 1 aromatic rings. The SMILES string of the molecule is CCCNC1CCCc2cc(OCCCC#N)ccc21. The molecule has 0 bridgehead atoms. The molecule has 0 saturated heterocycles. The first-order valence-corrected chi connectivity index (χ1v) is 7.71. The lowest BCUT2D eigenvalue weighted by Crippen LogP contribution is -2.25. The van der Waals surface area contributed by atoms with Gasteiger partial charge >= 0.3 is 0 Å². The fourth-order valence-electron chi connectivity index (χ4n) is 2.75. The van der Waals surface area contributed by atoms with Crippen molar-refractivity contribution in [3.05, 3.63) is 29.3 Å². The summed E-state index contributed by atoms with van der Waals surface area (Å²) in [5, 5.41) is 12.1. The molecule has 0 aromatic heterocycles. The van der Waals surface area contributed by atoms with Crippen molar-refractivity contribution in [3.63, 3.8) is 0 Å². The van der Waals surface area contributed by atoms with E-state index in [0.29, 0.717) is 19.1 Å². The van der Waals surface area contributed by atoms with Crippen LogP contribution < -0.4 is 10.1 Å². The zero-order valence-corrected chi connectivity index (χ0v) is 12.3. The van der Waals surface area contributed by atoms with E-state index in [-0.39, 0.29) is 0 Å². The summed E-state index contributed by atoms with van der Waals surface area (Å²) >= 11 is 0. The Kier molecular flexibility index (Phi) is 5.88. The fourth-order valence-corrected chi connectivity index (χ4v) is 2.75. The van der Waals surface area contributed by atoms with Gasteiger partial charge in [-0.25, -0.2) is 0 Å². The van der Waals surface area contributed by atoms with Gasteiger partial charge < -0.3 is 10.1 Å². The fraction of sp³-hybridized carbons (Fsp3) is 0.588. The van der Waals surface area contributed by atoms with Crippen LogP contribution in [0, 0.1) is 11.3 Å². The van der Waals surface area contributed by atoms with E-state index in [2.05, 4.69) is 36.5 Å². The van der Waals surface area contributed by atoms with Crippen LogP contribution in [-0.2, 0) is 6.42 Å². The maximum atomic E-state index is 8.51. The van der Waals surface area contributed by atoms with Crippen molar-refractivity contribution in [1.82, 2.24) is 5.32 Å². The van der Waals surface area contributed by atoms with Crippen molar-refractivity contribution >= 4 is 0 Å². The first-order valence-electron chi connectivity index (χ1n) is 7.71. The smallest absolute Gasteiger partial charge is 0.119 e. The maximum absolute atomic E-state index is 8.51. The van der Waals surface area contributed by atoms with Crippen molar-refractivity contribution in [3.8, 4) is 11.8 Å². The van der Waals surface area contributed by atoms with Crippen LogP contribution in [0.4, 0.5) is 0 Å². The predicted octanol–water partition coefficient (Wildman–Crippen LogP) is 3.75. The summed E-state index contributed by atoms with van der Waals surface area (Å²) < 4.78 is 5.72. The minimum absolute atomic E-state index is 0.506. The lowest BCUT2D eigenvalue weighted by Gasteiger charge is -2.27. The van der Waals surface area contributed by atoms with E-state index < -0.39 is 0 Å². The van der Waals surface area contributed by atoms with Gasteiger partial charge in [-0.05, 0) is 61.9 Å². The number of fused-ring (bicyclic) bond motifs is 1. The molecule has 1 N–H and O–H groups in total. The summed E-state index contributed by atoms with van der Waals surface area (Å²) in [6, 6.07) is 9.11. The molecule has 2 rings (SSSR count). The molecule has 1 aromatic carbocycles. The van der Waals surface area contributed by atoms with Crippen LogP contribution >= 0.6 is 0 Å². The molecule has 108 valence electrons. The number of aryl methyl sites for hydroxylation is 1. The summed E-state index contributed by atoms with van der Waals surface area (Å²) in [7, 11) is 0. The Morgan fingerprint density at radius 1 is 1.45 bits per heavy atom. The molecule has 0 amide bonds. The van der Waals surface area contributed by atoms with E-state index in [9.17, 15) is 0 Å². The van der Waals surface area contributed by atoms with Gasteiger partial charge in [0.15, 0.2) is 0 Å². The van der Waals surface area contributed by atoms with Crippen molar-refractivity contribution < 1.29 is 4.74 Å². The Morgan fingerprint density at radius 3 is 3.15 bits per heavy atom. The van der Waals surface area contributed by atoms with Gasteiger partial charge in [0.1, 0.15) is 5.75 Å². The highest BCUT2D eigenvalue weighted by atomic mass is 16.5. The molecule has 1 atom stereocenters. The normalized spacial score (nSPS) is 17.3. The zero-order chi connectivity index (χ0) is 14.2.